The maximum absolute atomic E-state index is 5.65. The third kappa shape index (κ3) is 1.57. The summed E-state index contributed by atoms with van der Waals surface area (Å²) in [4.78, 5) is 4.26. The van der Waals surface area contributed by atoms with Gasteiger partial charge in [0.1, 0.15) is 5.84 Å². The molecular weight excluding hydrogens is 186 g/mol. The van der Waals surface area contributed by atoms with Gasteiger partial charge in [0, 0.05) is 11.8 Å². The number of amidine groups is 1. The molecule has 74 valence electrons. The molecule has 1 unspecified atom stereocenters. The summed E-state index contributed by atoms with van der Waals surface area (Å²) >= 11 is 0. The van der Waals surface area contributed by atoms with Gasteiger partial charge in [-0.05, 0) is 12.0 Å². The Bertz CT molecular complexity index is 454. The number of benzene rings is 1. The standard InChI is InChI=1S/C12H11N3/c1-2-12(10-6-4-3-5-7-10)14-9-8-11(13)15-12/h1,3-9,14H,(H2,13,15). The molecule has 1 aliphatic heterocycles. The summed E-state index contributed by atoms with van der Waals surface area (Å²) in [6.07, 6.45) is 8.92. The maximum atomic E-state index is 5.65. The molecule has 0 saturated carbocycles. The fourth-order valence-electron chi connectivity index (χ4n) is 1.50. The Morgan fingerprint density at radius 3 is 2.67 bits per heavy atom. The largest absolute Gasteiger partial charge is 0.384 e. The Kier molecular flexibility index (Phi) is 2.18. The Balaban J connectivity index is 2.49. The Labute approximate surface area is 88.7 Å². The number of hydrogen-bond acceptors (Lipinski definition) is 3. The van der Waals surface area contributed by atoms with Crippen LogP contribution in [-0.4, -0.2) is 5.84 Å². The molecule has 3 N–H and O–H groups in total. The van der Waals surface area contributed by atoms with Crippen molar-refractivity contribution < 1.29 is 0 Å². The lowest BCUT2D eigenvalue weighted by atomic mass is 10.00. The summed E-state index contributed by atoms with van der Waals surface area (Å²) in [5.41, 5.74) is 5.69. The molecule has 0 aliphatic carbocycles. The molecule has 1 atom stereocenters. The van der Waals surface area contributed by atoms with E-state index in [-0.39, 0.29) is 0 Å². The van der Waals surface area contributed by atoms with Crippen molar-refractivity contribution >= 4 is 5.84 Å². The van der Waals surface area contributed by atoms with Crippen molar-refractivity contribution in [3.8, 4) is 12.3 Å². The van der Waals surface area contributed by atoms with Crippen molar-refractivity contribution in [2.75, 3.05) is 0 Å². The van der Waals surface area contributed by atoms with E-state index in [0.29, 0.717) is 5.84 Å². The van der Waals surface area contributed by atoms with Crippen LogP contribution in [0.15, 0.2) is 47.6 Å². The van der Waals surface area contributed by atoms with E-state index in [1.807, 2.05) is 30.3 Å². The summed E-state index contributed by atoms with van der Waals surface area (Å²) in [5.74, 6) is 3.06. The Morgan fingerprint density at radius 2 is 2.07 bits per heavy atom. The van der Waals surface area contributed by atoms with Crippen LogP contribution in [0.5, 0.6) is 0 Å². The maximum Gasteiger partial charge on any atom is 0.220 e. The van der Waals surface area contributed by atoms with Crippen LogP contribution in [0.25, 0.3) is 0 Å². The highest BCUT2D eigenvalue weighted by Gasteiger charge is 2.29. The molecule has 1 aromatic carbocycles. The van der Waals surface area contributed by atoms with E-state index in [4.69, 9.17) is 12.2 Å². The van der Waals surface area contributed by atoms with Crippen LogP contribution in [0.1, 0.15) is 5.56 Å². The minimum atomic E-state index is -0.861. The molecular formula is C12H11N3. The minimum Gasteiger partial charge on any atom is -0.384 e. The number of rotatable bonds is 1. The van der Waals surface area contributed by atoms with Gasteiger partial charge < -0.3 is 11.1 Å². The second kappa shape index (κ2) is 3.50. The highest BCUT2D eigenvalue weighted by Crippen LogP contribution is 2.23. The van der Waals surface area contributed by atoms with E-state index in [1.54, 1.807) is 12.3 Å². The topological polar surface area (TPSA) is 50.4 Å². The second-order valence-electron chi connectivity index (χ2n) is 3.24. The lowest BCUT2D eigenvalue weighted by Crippen LogP contribution is -2.40. The van der Waals surface area contributed by atoms with E-state index in [0.717, 1.165) is 5.56 Å². The SMILES string of the molecule is C#CC1(c2ccccc2)N=C(N)C=CN1. The zero-order valence-corrected chi connectivity index (χ0v) is 8.14. The monoisotopic (exact) mass is 197 g/mol. The van der Waals surface area contributed by atoms with E-state index in [9.17, 15) is 0 Å². The lowest BCUT2D eigenvalue weighted by Gasteiger charge is -2.27. The van der Waals surface area contributed by atoms with Gasteiger partial charge in [-0.1, -0.05) is 30.3 Å². The Hall–Kier alpha value is -2.21. The van der Waals surface area contributed by atoms with Crippen molar-refractivity contribution in [3.05, 3.63) is 48.2 Å². The summed E-state index contributed by atoms with van der Waals surface area (Å²) in [7, 11) is 0. The lowest BCUT2D eigenvalue weighted by molar-refractivity contribution is 0.518. The smallest absolute Gasteiger partial charge is 0.220 e. The van der Waals surface area contributed by atoms with E-state index in [2.05, 4.69) is 16.2 Å². The molecule has 0 spiro atoms. The minimum absolute atomic E-state index is 0.426. The molecule has 2 rings (SSSR count). The van der Waals surface area contributed by atoms with Gasteiger partial charge in [-0.2, -0.15) is 0 Å². The summed E-state index contributed by atoms with van der Waals surface area (Å²) < 4.78 is 0. The fourth-order valence-corrected chi connectivity index (χ4v) is 1.50. The molecule has 0 amide bonds. The average Bonchev–Trinajstić information content (AvgIpc) is 2.30. The molecule has 3 nitrogen and oxygen atoms in total. The van der Waals surface area contributed by atoms with Gasteiger partial charge in [0.25, 0.3) is 0 Å². The third-order valence-electron chi connectivity index (χ3n) is 2.24. The Morgan fingerprint density at radius 1 is 1.33 bits per heavy atom. The van der Waals surface area contributed by atoms with Crippen LogP contribution in [0, 0.1) is 12.3 Å². The van der Waals surface area contributed by atoms with Crippen LogP contribution < -0.4 is 11.1 Å². The molecule has 1 heterocycles. The van der Waals surface area contributed by atoms with Crippen LogP contribution in [0.3, 0.4) is 0 Å². The predicted molar refractivity (Wildman–Crippen MR) is 60.9 cm³/mol. The van der Waals surface area contributed by atoms with Gasteiger partial charge in [-0.15, -0.1) is 6.42 Å². The number of nitrogens with one attached hydrogen (secondary N) is 1. The zero-order chi connectivity index (χ0) is 10.7. The van der Waals surface area contributed by atoms with Gasteiger partial charge >= 0.3 is 0 Å². The van der Waals surface area contributed by atoms with Crippen molar-refractivity contribution in [1.29, 1.82) is 0 Å². The highest BCUT2D eigenvalue weighted by molar-refractivity contribution is 5.92. The molecule has 0 bridgehead atoms. The zero-order valence-electron chi connectivity index (χ0n) is 8.14. The molecule has 0 radical (unpaired) electrons. The first-order chi connectivity index (χ1) is 7.27. The van der Waals surface area contributed by atoms with Crippen molar-refractivity contribution in [2.24, 2.45) is 10.7 Å². The number of terminal acetylenes is 1. The van der Waals surface area contributed by atoms with Gasteiger partial charge in [0.15, 0.2) is 0 Å². The number of aliphatic imine (C=N–C) groups is 1. The average molecular weight is 197 g/mol. The molecule has 0 aromatic heterocycles. The van der Waals surface area contributed by atoms with E-state index in [1.165, 1.54) is 0 Å². The number of hydrogen-bond donors (Lipinski definition) is 2. The van der Waals surface area contributed by atoms with Crippen molar-refractivity contribution in [2.45, 2.75) is 5.66 Å². The van der Waals surface area contributed by atoms with Crippen molar-refractivity contribution in [3.63, 3.8) is 0 Å². The van der Waals surface area contributed by atoms with Gasteiger partial charge in [-0.25, -0.2) is 4.99 Å². The molecule has 1 aliphatic rings. The predicted octanol–water partition coefficient (Wildman–Crippen LogP) is 0.947. The first kappa shape index (κ1) is 9.35. The molecule has 1 aromatic rings. The molecule has 3 heteroatoms. The van der Waals surface area contributed by atoms with E-state index >= 15 is 0 Å². The van der Waals surface area contributed by atoms with Crippen LogP contribution in [-0.2, 0) is 5.66 Å². The molecule has 0 fully saturated rings. The summed E-state index contributed by atoms with van der Waals surface area (Å²) in [6, 6.07) is 9.60. The first-order valence-corrected chi connectivity index (χ1v) is 4.60. The van der Waals surface area contributed by atoms with Crippen molar-refractivity contribution in [1.82, 2.24) is 5.32 Å². The second-order valence-corrected chi connectivity index (χ2v) is 3.24. The number of nitrogens with zero attached hydrogens (tertiary/aromatic N) is 1. The first-order valence-electron chi connectivity index (χ1n) is 4.60. The number of nitrogens with two attached hydrogens (primary N) is 1. The highest BCUT2D eigenvalue weighted by atomic mass is 15.2. The third-order valence-corrected chi connectivity index (χ3v) is 2.24. The summed E-state index contributed by atoms with van der Waals surface area (Å²) in [5, 5.41) is 3.04. The van der Waals surface area contributed by atoms with Crippen LogP contribution in [0.4, 0.5) is 0 Å². The fraction of sp³-hybridized carbons (Fsp3) is 0.0833. The van der Waals surface area contributed by atoms with Gasteiger partial charge in [0.2, 0.25) is 5.66 Å². The normalized spacial score (nSPS) is 23.8. The molecule has 15 heavy (non-hydrogen) atoms. The van der Waals surface area contributed by atoms with E-state index < -0.39 is 5.66 Å². The van der Waals surface area contributed by atoms with Gasteiger partial charge in [0.05, 0.1) is 0 Å². The quantitative estimate of drug-likeness (QED) is 0.658. The van der Waals surface area contributed by atoms with Gasteiger partial charge in [-0.3, -0.25) is 0 Å². The van der Waals surface area contributed by atoms with Crippen LogP contribution >= 0.6 is 0 Å². The van der Waals surface area contributed by atoms with Crippen LogP contribution in [0.2, 0.25) is 0 Å². The molecule has 0 saturated heterocycles. The summed E-state index contributed by atoms with van der Waals surface area (Å²) in [6.45, 7) is 0.